The highest BCUT2D eigenvalue weighted by molar-refractivity contribution is 5.94. The molecule has 1 fully saturated rings. The van der Waals surface area contributed by atoms with Crippen molar-refractivity contribution in [1.82, 2.24) is 24.8 Å². The summed E-state index contributed by atoms with van der Waals surface area (Å²) in [4.78, 5) is 18.7. The predicted molar refractivity (Wildman–Crippen MR) is 84.8 cm³/mol. The number of nitrogens with zero attached hydrogens (tertiary/aromatic N) is 4. The fourth-order valence-corrected chi connectivity index (χ4v) is 3.16. The molecule has 0 unspecified atom stereocenters. The van der Waals surface area contributed by atoms with Gasteiger partial charge in [-0.05, 0) is 57.8 Å². The van der Waals surface area contributed by atoms with Gasteiger partial charge in [0, 0.05) is 24.3 Å². The summed E-state index contributed by atoms with van der Waals surface area (Å²) in [6.45, 7) is 0.761. The third kappa shape index (κ3) is 3.27. The van der Waals surface area contributed by atoms with Crippen molar-refractivity contribution in [2.24, 2.45) is 5.92 Å². The van der Waals surface area contributed by atoms with Crippen LogP contribution in [-0.4, -0.2) is 52.1 Å². The number of aromatic nitrogens is 3. The highest BCUT2D eigenvalue weighted by Crippen LogP contribution is 2.26. The van der Waals surface area contributed by atoms with Crippen LogP contribution in [-0.2, 0) is 0 Å². The second-order valence-electron chi connectivity index (χ2n) is 6.33. The standard InChI is InChI=1S/C16H23N5O/c1-20(2)14-5-3-12(4-6-14)10-17-16(22)13-7-8-21-15(9-13)18-11-19-21/h7-9,11-12,14H,3-6,10H2,1-2H3,(H,17,22). The third-order valence-corrected chi connectivity index (χ3v) is 4.64. The van der Waals surface area contributed by atoms with Gasteiger partial charge in [0.25, 0.3) is 5.91 Å². The van der Waals surface area contributed by atoms with Crippen LogP contribution in [0.2, 0.25) is 0 Å². The molecule has 2 aromatic heterocycles. The summed E-state index contributed by atoms with van der Waals surface area (Å²) < 4.78 is 1.65. The Morgan fingerprint density at radius 2 is 2.14 bits per heavy atom. The van der Waals surface area contributed by atoms with Gasteiger partial charge in [0.2, 0.25) is 0 Å². The minimum Gasteiger partial charge on any atom is -0.352 e. The molecule has 6 heteroatoms. The van der Waals surface area contributed by atoms with Gasteiger partial charge in [0.15, 0.2) is 5.65 Å². The van der Waals surface area contributed by atoms with E-state index >= 15 is 0 Å². The number of nitrogens with one attached hydrogen (secondary N) is 1. The average Bonchev–Trinajstić information content (AvgIpc) is 3.00. The summed E-state index contributed by atoms with van der Waals surface area (Å²) in [7, 11) is 4.29. The third-order valence-electron chi connectivity index (χ3n) is 4.64. The molecule has 1 amide bonds. The van der Waals surface area contributed by atoms with Gasteiger partial charge in [-0.1, -0.05) is 0 Å². The maximum absolute atomic E-state index is 12.2. The van der Waals surface area contributed by atoms with E-state index in [0.29, 0.717) is 23.2 Å². The molecule has 0 bridgehead atoms. The molecule has 0 saturated heterocycles. The van der Waals surface area contributed by atoms with E-state index in [2.05, 4.69) is 34.4 Å². The Morgan fingerprint density at radius 3 is 2.86 bits per heavy atom. The zero-order valence-electron chi connectivity index (χ0n) is 13.2. The second kappa shape index (κ2) is 6.44. The normalized spacial score (nSPS) is 22.1. The van der Waals surface area contributed by atoms with Crippen LogP contribution in [0.1, 0.15) is 36.0 Å². The van der Waals surface area contributed by atoms with Gasteiger partial charge in [-0.2, -0.15) is 5.10 Å². The Kier molecular flexibility index (Phi) is 4.38. The maximum Gasteiger partial charge on any atom is 0.251 e. The molecule has 1 aliphatic carbocycles. The number of fused-ring (bicyclic) bond motifs is 1. The Balaban J connectivity index is 1.52. The first-order valence-corrected chi connectivity index (χ1v) is 7.87. The van der Waals surface area contributed by atoms with Crippen LogP contribution in [0.5, 0.6) is 0 Å². The van der Waals surface area contributed by atoms with Crippen molar-refractivity contribution < 1.29 is 4.79 Å². The number of carbonyl (C=O) groups is 1. The van der Waals surface area contributed by atoms with Gasteiger partial charge in [0.1, 0.15) is 6.33 Å². The topological polar surface area (TPSA) is 62.5 Å². The van der Waals surface area contributed by atoms with Crippen molar-refractivity contribution in [2.75, 3.05) is 20.6 Å². The van der Waals surface area contributed by atoms with Crippen molar-refractivity contribution in [3.05, 3.63) is 30.2 Å². The first-order valence-electron chi connectivity index (χ1n) is 7.87. The Labute approximate surface area is 130 Å². The Bertz CT molecular complexity index is 643. The number of carbonyl (C=O) groups excluding carboxylic acids is 1. The van der Waals surface area contributed by atoms with E-state index < -0.39 is 0 Å². The molecular formula is C16H23N5O. The fraction of sp³-hybridized carbons (Fsp3) is 0.562. The molecule has 2 heterocycles. The summed E-state index contributed by atoms with van der Waals surface area (Å²) in [5.74, 6) is 0.567. The summed E-state index contributed by atoms with van der Waals surface area (Å²) in [6.07, 6.45) is 8.07. The van der Waals surface area contributed by atoms with Crippen molar-refractivity contribution in [1.29, 1.82) is 0 Å². The smallest absolute Gasteiger partial charge is 0.251 e. The molecule has 0 atom stereocenters. The Hall–Kier alpha value is -1.95. The second-order valence-corrected chi connectivity index (χ2v) is 6.33. The largest absolute Gasteiger partial charge is 0.352 e. The zero-order valence-corrected chi connectivity index (χ0v) is 13.2. The van der Waals surface area contributed by atoms with Crippen LogP contribution in [0.25, 0.3) is 5.65 Å². The van der Waals surface area contributed by atoms with Gasteiger partial charge in [-0.25, -0.2) is 9.50 Å². The molecule has 0 aliphatic heterocycles. The molecule has 1 aliphatic rings. The molecular weight excluding hydrogens is 278 g/mol. The van der Waals surface area contributed by atoms with Gasteiger partial charge >= 0.3 is 0 Å². The predicted octanol–water partition coefficient (Wildman–Crippen LogP) is 1.58. The molecule has 0 radical (unpaired) electrons. The van der Waals surface area contributed by atoms with Crippen LogP contribution < -0.4 is 5.32 Å². The molecule has 1 saturated carbocycles. The Morgan fingerprint density at radius 1 is 1.36 bits per heavy atom. The van der Waals surface area contributed by atoms with E-state index in [-0.39, 0.29) is 5.91 Å². The maximum atomic E-state index is 12.2. The average molecular weight is 301 g/mol. The summed E-state index contributed by atoms with van der Waals surface area (Å²) >= 11 is 0. The summed E-state index contributed by atoms with van der Waals surface area (Å²) in [5, 5.41) is 7.09. The van der Waals surface area contributed by atoms with Gasteiger partial charge in [-0.15, -0.1) is 0 Å². The van der Waals surface area contributed by atoms with E-state index in [0.717, 1.165) is 6.54 Å². The lowest BCUT2D eigenvalue weighted by molar-refractivity contribution is 0.0938. The lowest BCUT2D eigenvalue weighted by atomic mass is 9.85. The number of amides is 1. The lowest BCUT2D eigenvalue weighted by Gasteiger charge is -2.32. The van der Waals surface area contributed by atoms with Crippen LogP contribution >= 0.6 is 0 Å². The SMILES string of the molecule is CN(C)C1CCC(CNC(=O)c2ccn3ncnc3c2)CC1. The first-order chi connectivity index (χ1) is 10.6. The van der Waals surface area contributed by atoms with Gasteiger partial charge < -0.3 is 10.2 Å². The van der Waals surface area contributed by atoms with Gasteiger partial charge in [-0.3, -0.25) is 4.79 Å². The highest BCUT2D eigenvalue weighted by Gasteiger charge is 2.22. The summed E-state index contributed by atoms with van der Waals surface area (Å²) in [6, 6.07) is 4.24. The van der Waals surface area contributed by atoms with Crippen molar-refractivity contribution in [3.63, 3.8) is 0 Å². The molecule has 0 aromatic carbocycles. The minimum atomic E-state index is -0.0276. The fourth-order valence-electron chi connectivity index (χ4n) is 3.16. The van der Waals surface area contributed by atoms with E-state index in [4.69, 9.17) is 0 Å². The molecule has 0 spiro atoms. The van der Waals surface area contributed by atoms with Crippen LogP contribution in [0.4, 0.5) is 0 Å². The molecule has 6 nitrogen and oxygen atoms in total. The van der Waals surface area contributed by atoms with E-state index in [1.807, 2.05) is 0 Å². The molecule has 3 rings (SSSR count). The van der Waals surface area contributed by atoms with E-state index in [1.54, 1.807) is 22.8 Å². The zero-order chi connectivity index (χ0) is 15.5. The minimum absolute atomic E-state index is 0.0276. The first kappa shape index (κ1) is 15.0. The quantitative estimate of drug-likeness (QED) is 0.931. The number of rotatable bonds is 4. The number of pyridine rings is 1. The molecule has 1 N–H and O–H groups in total. The molecule has 22 heavy (non-hydrogen) atoms. The van der Waals surface area contributed by atoms with Gasteiger partial charge in [0.05, 0.1) is 0 Å². The van der Waals surface area contributed by atoms with E-state index in [1.165, 1.54) is 32.0 Å². The number of hydrogen-bond donors (Lipinski definition) is 1. The highest BCUT2D eigenvalue weighted by atomic mass is 16.1. The van der Waals surface area contributed by atoms with Crippen LogP contribution in [0.15, 0.2) is 24.7 Å². The molecule has 2 aromatic rings. The molecule has 118 valence electrons. The summed E-state index contributed by atoms with van der Waals surface area (Å²) in [5.41, 5.74) is 1.33. The lowest BCUT2D eigenvalue weighted by Crippen LogP contribution is -2.36. The van der Waals surface area contributed by atoms with Crippen LogP contribution in [0, 0.1) is 5.92 Å². The van der Waals surface area contributed by atoms with Crippen molar-refractivity contribution >= 4 is 11.6 Å². The van der Waals surface area contributed by atoms with Crippen LogP contribution in [0.3, 0.4) is 0 Å². The number of hydrogen-bond acceptors (Lipinski definition) is 4. The monoisotopic (exact) mass is 301 g/mol. The van der Waals surface area contributed by atoms with Crippen molar-refractivity contribution in [2.45, 2.75) is 31.7 Å². The van der Waals surface area contributed by atoms with E-state index in [9.17, 15) is 4.79 Å². The van der Waals surface area contributed by atoms with Crippen molar-refractivity contribution in [3.8, 4) is 0 Å².